The third-order valence-electron chi connectivity index (χ3n) is 3.34. The Morgan fingerprint density at radius 2 is 1.92 bits per heavy atom. The molecule has 7 heteroatoms. The Bertz CT molecular complexity index is 895. The van der Waals surface area contributed by atoms with Crippen molar-refractivity contribution >= 4 is 28.0 Å². The number of para-hydroxylation sites is 1. The van der Waals surface area contributed by atoms with Gasteiger partial charge in [-0.05, 0) is 37.3 Å². The molecule has 25 heavy (non-hydrogen) atoms. The quantitative estimate of drug-likeness (QED) is 0.540. The molecule has 0 aliphatic rings. The normalized spacial score (nSPS) is 11.4. The van der Waals surface area contributed by atoms with E-state index in [1.165, 1.54) is 12.3 Å². The molecule has 1 heterocycles. The zero-order chi connectivity index (χ0) is 17.8. The number of aromatic nitrogens is 2. The second-order valence-electron chi connectivity index (χ2n) is 5.21. The first-order valence-corrected chi connectivity index (χ1v) is 8.23. The van der Waals surface area contributed by atoms with Crippen molar-refractivity contribution in [2.75, 3.05) is 0 Å². The molecule has 0 N–H and O–H groups in total. The second-order valence-corrected chi connectivity index (χ2v) is 6.13. The molecule has 0 spiro atoms. The van der Waals surface area contributed by atoms with Gasteiger partial charge in [-0.2, -0.15) is 13.9 Å². The highest BCUT2D eigenvalue weighted by Gasteiger charge is 2.10. The zero-order valence-corrected chi connectivity index (χ0v) is 14.8. The summed E-state index contributed by atoms with van der Waals surface area (Å²) in [5, 5.41) is 4.42. The number of hydrogen-bond acceptors (Lipinski definition) is 3. The average molecular weight is 406 g/mol. The maximum Gasteiger partial charge on any atom is 0.387 e. The van der Waals surface area contributed by atoms with Crippen LogP contribution in [-0.2, 0) is 0 Å². The molecule has 2 aromatic carbocycles. The molecule has 128 valence electrons. The van der Waals surface area contributed by atoms with Gasteiger partial charge in [0.15, 0.2) is 5.82 Å². The Hall–Kier alpha value is -2.54. The Kier molecular flexibility index (Phi) is 5.23. The number of aryl methyl sites for hydroxylation is 1. The van der Waals surface area contributed by atoms with Gasteiger partial charge in [-0.1, -0.05) is 34.1 Å². The Morgan fingerprint density at radius 3 is 2.64 bits per heavy atom. The predicted molar refractivity (Wildman–Crippen MR) is 96.3 cm³/mol. The van der Waals surface area contributed by atoms with Gasteiger partial charge in [0.1, 0.15) is 5.75 Å². The number of halogens is 3. The van der Waals surface area contributed by atoms with Crippen molar-refractivity contribution in [2.24, 2.45) is 4.99 Å². The highest BCUT2D eigenvalue weighted by atomic mass is 79.9. The van der Waals surface area contributed by atoms with Crippen LogP contribution >= 0.6 is 15.9 Å². The standard InChI is InChI=1S/C18H14BrF2N3O/c1-12-9-17(24(23-12)15-5-3-2-4-6-15)22-11-13-10-14(19)7-8-16(13)25-18(20)21/h2-11,18H,1H3. The molecule has 0 fully saturated rings. The van der Waals surface area contributed by atoms with E-state index >= 15 is 0 Å². The molecule has 0 unspecified atom stereocenters. The number of aliphatic imine (C=N–C) groups is 1. The van der Waals surface area contributed by atoms with Gasteiger partial charge in [-0.25, -0.2) is 9.67 Å². The summed E-state index contributed by atoms with van der Waals surface area (Å²) in [7, 11) is 0. The largest absolute Gasteiger partial charge is 0.434 e. The Morgan fingerprint density at radius 1 is 1.16 bits per heavy atom. The van der Waals surface area contributed by atoms with Crippen LogP contribution in [0.3, 0.4) is 0 Å². The number of alkyl halides is 2. The van der Waals surface area contributed by atoms with Crippen LogP contribution in [0.1, 0.15) is 11.3 Å². The lowest BCUT2D eigenvalue weighted by Crippen LogP contribution is -2.04. The monoisotopic (exact) mass is 405 g/mol. The van der Waals surface area contributed by atoms with Crippen molar-refractivity contribution in [3.63, 3.8) is 0 Å². The van der Waals surface area contributed by atoms with Crippen LogP contribution in [0.5, 0.6) is 5.75 Å². The molecular formula is C18H14BrF2N3O. The fourth-order valence-corrected chi connectivity index (χ4v) is 2.67. The topological polar surface area (TPSA) is 39.4 Å². The average Bonchev–Trinajstić information content (AvgIpc) is 2.96. The summed E-state index contributed by atoms with van der Waals surface area (Å²) < 4.78 is 32.1. The van der Waals surface area contributed by atoms with Crippen LogP contribution in [0, 0.1) is 6.92 Å². The van der Waals surface area contributed by atoms with E-state index < -0.39 is 6.61 Å². The summed E-state index contributed by atoms with van der Waals surface area (Å²) in [4.78, 5) is 4.41. The van der Waals surface area contributed by atoms with Crippen LogP contribution in [0.4, 0.5) is 14.6 Å². The first-order chi connectivity index (χ1) is 12.0. The van der Waals surface area contributed by atoms with Gasteiger partial charge in [-0.3, -0.25) is 0 Å². The summed E-state index contributed by atoms with van der Waals surface area (Å²) in [6.07, 6.45) is 1.48. The minimum atomic E-state index is -2.90. The molecule has 0 radical (unpaired) electrons. The number of ether oxygens (including phenoxy) is 1. The van der Waals surface area contributed by atoms with E-state index in [2.05, 4.69) is 30.8 Å². The van der Waals surface area contributed by atoms with Crippen LogP contribution < -0.4 is 4.74 Å². The third kappa shape index (κ3) is 4.30. The summed E-state index contributed by atoms with van der Waals surface area (Å²) in [6, 6.07) is 16.1. The molecule has 3 aromatic rings. The minimum absolute atomic E-state index is 0.0597. The van der Waals surface area contributed by atoms with E-state index in [9.17, 15) is 8.78 Å². The summed E-state index contributed by atoms with van der Waals surface area (Å²) in [6.45, 7) is -1.03. The first kappa shape index (κ1) is 17.3. The van der Waals surface area contributed by atoms with E-state index in [-0.39, 0.29) is 5.75 Å². The van der Waals surface area contributed by atoms with Gasteiger partial charge in [0, 0.05) is 22.3 Å². The zero-order valence-electron chi connectivity index (χ0n) is 13.2. The fourth-order valence-electron chi connectivity index (χ4n) is 2.30. The van der Waals surface area contributed by atoms with Gasteiger partial charge in [0.25, 0.3) is 0 Å². The molecule has 0 aliphatic carbocycles. The summed E-state index contributed by atoms with van der Waals surface area (Å²) in [5.41, 5.74) is 2.10. The van der Waals surface area contributed by atoms with Crippen molar-refractivity contribution in [3.05, 3.63) is 70.3 Å². The van der Waals surface area contributed by atoms with Gasteiger partial charge >= 0.3 is 6.61 Å². The van der Waals surface area contributed by atoms with Gasteiger partial charge in [0.2, 0.25) is 0 Å². The SMILES string of the molecule is Cc1cc(N=Cc2cc(Br)ccc2OC(F)F)n(-c2ccccc2)n1. The number of nitrogens with zero attached hydrogens (tertiary/aromatic N) is 3. The van der Waals surface area contributed by atoms with Crippen LogP contribution in [-0.4, -0.2) is 22.6 Å². The molecule has 4 nitrogen and oxygen atoms in total. The van der Waals surface area contributed by atoms with Crippen LogP contribution in [0.2, 0.25) is 0 Å². The van der Waals surface area contributed by atoms with Gasteiger partial charge in [0.05, 0.1) is 11.4 Å². The molecule has 3 rings (SSSR count). The molecular weight excluding hydrogens is 392 g/mol. The number of hydrogen-bond donors (Lipinski definition) is 0. The maximum atomic E-state index is 12.6. The second kappa shape index (κ2) is 7.57. The molecule has 0 atom stereocenters. The third-order valence-corrected chi connectivity index (χ3v) is 3.83. The van der Waals surface area contributed by atoms with Crippen molar-refractivity contribution in [2.45, 2.75) is 13.5 Å². The molecule has 0 bridgehead atoms. The maximum absolute atomic E-state index is 12.6. The first-order valence-electron chi connectivity index (χ1n) is 7.43. The van der Waals surface area contributed by atoms with E-state index in [1.807, 2.05) is 43.3 Å². The molecule has 0 saturated heterocycles. The summed E-state index contributed by atoms with van der Waals surface area (Å²) >= 11 is 3.32. The predicted octanol–water partition coefficient (Wildman–Crippen LogP) is 5.30. The van der Waals surface area contributed by atoms with Crippen molar-refractivity contribution in [1.29, 1.82) is 0 Å². The lowest BCUT2D eigenvalue weighted by Gasteiger charge is -2.08. The van der Waals surface area contributed by atoms with Crippen LogP contribution in [0.15, 0.2) is 64.1 Å². The van der Waals surface area contributed by atoms with Gasteiger partial charge in [-0.15, -0.1) is 0 Å². The lowest BCUT2D eigenvalue weighted by molar-refractivity contribution is -0.0499. The molecule has 0 saturated carbocycles. The molecule has 0 amide bonds. The van der Waals surface area contributed by atoms with Crippen molar-refractivity contribution < 1.29 is 13.5 Å². The van der Waals surface area contributed by atoms with E-state index in [0.29, 0.717) is 11.4 Å². The summed E-state index contributed by atoms with van der Waals surface area (Å²) in [5.74, 6) is 0.649. The number of benzene rings is 2. The molecule has 0 aliphatic heterocycles. The minimum Gasteiger partial charge on any atom is -0.434 e. The van der Waals surface area contributed by atoms with Gasteiger partial charge < -0.3 is 4.74 Å². The van der Waals surface area contributed by atoms with E-state index in [1.54, 1.807) is 16.8 Å². The Balaban J connectivity index is 1.97. The Labute approximate surface area is 151 Å². The smallest absolute Gasteiger partial charge is 0.387 e. The van der Waals surface area contributed by atoms with Crippen LogP contribution in [0.25, 0.3) is 5.69 Å². The van der Waals surface area contributed by atoms with Crippen molar-refractivity contribution in [3.8, 4) is 11.4 Å². The van der Waals surface area contributed by atoms with Crippen molar-refractivity contribution in [1.82, 2.24) is 9.78 Å². The fraction of sp³-hybridized carbons (Fsp3) is 0.111. The highest BCUT2D eigenvalue weighted by Crippen LogP contribution is 2.25. The van der Waals surface area contributed by atoms with E-state index in [0.717, 1.165) is 15.9 Å². The lowest BCUT2D eigenvalue weighted by atomic mass is 10.2. The van der Waals surface area contributed by atoms with E-state index in [4.69, 9.17) is 0 Å². The number of rotatable bonds is 5. The highest BCUT2D eigenvalue weighted by molar-refractivity contribution is 9.10. The molecule has 1 aromatic heterocycles.